The number of para-hydroxylation sites is 1. The highest BCUT2D eigenvalue weighted by Crippen LogP contribution is 2.39. The van der Waals surface area contributed by atoms with Gasteiger partial charge in [0.25, 0.3) is 0 Å². The van der Waals surface area contributed by atoms with Crippen molar-refractivity contribution in [1.29, 1.82) is 5.26 Å². The predicted octanol–water partition coefficient (Wildman–Crippen LogP) is 4.35. The lowest BCUT2D eigenvalue weighted by atomic mass is 9.98. The van der Waals surface area contributed by atoms with Crippen molar-refractivity contribution in [2.75, 3.05) is 11.9 Å². The number of halogens is 1. The number of rotatable bonds is 7. The van der Waals surface area contributed by atoms with Crippen LogP contribution in [0.15, 0.2) is 48.5 Å². The zero-order valence-electron chi connectivity index (χ0n) is 14.5. The van der Waals surface area contributed by atoms with Crippen LogP contribution < -0.4 is 15.4 Å². The first-order valence-corrected chi connectivity index (χ1v) is 8.86. The first-order chi connectivity index (χ1) is 12.5. The average Bonchev–Trinajstić information content (AvgIpc) is 3.48. The van der Waals surface area contributed by atoms with Crippen molar-refractivity contribution in [2.24, 2.45) is 5.92 Å². The molecule has 0 heterocycles. The van der Waals surface area contributed by atoms with Gasteiger partial charge < -0.3 is 15.4 Å². The topological polar surface area (TPSA) is 74.2 Å². The summed E-state index contributed by atoms with van der Waals surface area (Å²) < 4.78 is 5.86. The summed E-state index contributed by atoms with van der Waals surface area (Å²) in [5.41, 5.74) is -0.196. The van der Waals surface area contributed by atoms with Crippen LogP contribution in [0.5, 0.6) is 11.5 Å². The van der Waals surface area contributed by atoms with E-state index in [1.54, 1.807) is 25.1 Å². The second-order valence-corrected chi connectivity index (χ2v) is 6.98. The Morgan fingerprint density at radius 3 is 2.69 bits per heavy atom. The molecule has 0 bridgehead atoms. The fraction of sp³-hybridized carbons (Fsp3) is 0.300. The second-order valence-electron chi connectivity index (χ2n) is 6.55. The van der Waals surface area contributed by atoms with Crippen LogP contribution in [-0.2, 0) is 4.79 Å². The van der Waals surface area contributed by atoms with Gasteiger partial charge in [0.1, 0.15) is 11.3 Å². The van der Waals surface area contributed by atoms with E-state index >= 15 is 0 Å². The van der Waals surface area contributed by atoms with Crippen LogP contribution in [0.25, 0.3) is 0 Å². The fourth-order valence-electron chi connectivity index (χ4n) is 2.74. The minimum Gasteiger partial charge on any atom is -0.455 e. The summed E-state index contributed by atoms with van der Waals surface area (Å²) in [6, 6.07) is 16.8. The molecule has 0 unspecified atom stereocenters. The SMILES string of the molecule is C[C@@](C#N)(NC(=O)CNc1cc(Cl)ccc1Oc1ccccc1)C1CC1. The molecule has 134 valence electrons. The van der Waals surface area contributed by atoms with Crippen LogP contribution in [0.4, 0.5) is 5.69 Å². The minimum absolute atomic E-state index is 0.0233. The van der Waals surface area contributed by atoms with Crippen molar-refractivity contribution in [3.05, 3.63) is 53.6 Å². The van der Waals surface area contributed by atoms with Crippen LogP contribution in [-0.4, -0.2) is 18.0 Å². The number of carbonyl (C=O) groups excluding carboxylic acids is 1. The van der Waals surface area contributed by atoms with Gasteiger partial charge in [-0.3, -0.25) is 4.79 Å². The van der Waals surface area contributed by atoms with E-state index in [1.165, 1.54) is 0 Å². The Morgan fingerprint density at radius 1 is 1.31 bits per heavy atom. The summed E-state index contributed by atoms with van der Waals surface area (Å²) in [7, 11) is 0. The van der Waals surface area contributed by atoms with Gasteiger partial charge in [0.05, 0.1) is 18.3 Å². The molecule has 1 fully saturated rings. The lowest BCUT2D eigenvalue weighted by molar-refractivity contribution is -0.120. The quantitative estimate of drug-likeness (QED) is 0.760. The van der Waals surface area contributed by atoms with Crippen molar-refractivity contribution in [3.8, 4) is 17.6 Å². The third-order valence-corrected chi connectivity index (χ3v) is 4.61. The number of hydrogen-bond acceptors (Lipinski definition) is 4. The molecule has 0 saturated heterocycles. The Morgan fingerprint density at radius 2 is 2.04 bits per heavy atom. The highest BCUT2D eigenvalue weighted by molar-refractivity contribution is 6.30. The van der Waals surface area contributed by atoms with Gasteiger partial charge in [-0.2, -0.15) is 5.26 Å². The Bertz CT molecular complexity index is 831. The van der Waals surface area contributed by atoms with Crippen molar-refractivity contribution in [2.45, 2.75) is 25.3 Å². The van der Waals surface area contributed by atoms with Gasteiger partial charge in [0.2, 0.25) is 5.91 Å². The maximum atomic E-state index is 12.3. The highest BCUT2D eigenvalue weighted by Gasteiger charge is 2.42. The number of amides is 1. The van der Waals surface area contributed by atoms with Gasteiger partial charge in [-0.15, -0.1) is 0 Å². The molecule has 1 aliphatic carbocycles. The summed E-state index contributed by atoms with van der Waals surface area (Å²) in [5, 5.41) is 15.8. The molecule has 3 rings (SSSR count). The molecule has 1 atom stereocenters. The molecule has 2 aromatic carbocycles. The zero-order valence-corrected chi connectivity index (χ0v) is 15.2. The van der Waals surface area contributed by atoms with Crippen molar-refractivity contribution < 1.29 is 9.53 Å². The third-order valence-electron chi connectivity index (χ3n) is 4.38. The first-order valence-electron chi connectivity index (χ1n) is 8.49. The van der Waals surface area contributed by atoms with Gasteiger partial charge in [0, 0.05) is 5.02 Å². The number of ether oxygens (including phenoxy) is 1. The van der Waals surface area contributed by atoms with Gasteiger partial charge in [-0.1, -0.05) is 29.8 Å². The number of carbonyl (C=O) groups is 1. The average molecular weight is 370 g/mol. The maximum absolute atomic E-state index is 12.3. The third kappa shape index (κ3) is 4.47. The molecule has 1 amide bonds. The normalized spacial score (nSPS) is 15.4. The van der Waals surface area contributed by atoms with Gasteiger partial charge in [0.15, 0.2) is 5.75 Å². The van der Waals surface area contributed by atoms with Crippen LogP contribution in [0.3, 0.4) is 0 Å². The van der Waals surface area contributed by atoms with E-state index in [-0.39, 0.29) is 18.4 Å². The van der Waals surface area contributed by atoms with Gasteiger partial charge >= 0.3 is 0 Å². The standard InChI is InChI=1S/C20H20ClN3O2/c1-20(13-22,14-7-8-14)24-19(25)12-23-17-11-15(21)9-10-18(17)26-16-5-3-2-4-6-16/h2-6,9-11,14,23H,7-8,12H2,1H3,(H,24,25)/t20-/m0/s1. The molecule has 1 aliphatic rings. The monoisotopic (exact) mass is 369 g/mol. The van der Waals surface area contributed by atoms with E-state index in [0.717, 1.165) is 12.8 Å². The van der Waals surface area contributed by atoms with Crippen molar-refractivity contribution in [1.82, 2.24) is 5.32 Å². The van der Waals surface area contributed by atoms with Gasteiger partial charge in [-0.05, 0) is 56.0 Å². The minimum atomic E-state index is -0.809. The summed E-state index contributed by atoms with van der Waals surface area (Å²) in [6.45, 7) is 1.79. The molecule has 5 nitrogen and oxygen atoms in total. The number of anilines is 1. The number of nitriles is 1. The lowest BCUT2D eigenvalue weighted by Gasteiger charge is -2.23. The van der Waals surface area contributed by atoms with Crippen LogP contribution in [0.2, 0.25) is 5.02 Å². The molecule has 0 aliphatic heterocycles. The molecule has 0 spiro atoms. The Hall–Kier alpha value is -2.71. The van der Waals surface area contributed by atoms with Gasteiger partial charge in [-0.25, -0.2) is 0 Å². The van der Waals surface area contributed by atoms with Crippen LogP contribution in [0.1, 0.15) is 19.8 Å². The largest absolute Gasteiger partial charge is 0.455 e. The molecule has 1 saturated carbocycles. The van der Waals surface area contributed by atoms with Crippen LogP contribution >= 0.6 is 11.6 Å². The van der Waals surface area contributed by atoms with E-state index < -0.39 is 5.54 Å². The molecule has 26 heavy (non-hydrogen) atoms. The van der Waals surface area contributed by atoms with Crippen molar-refractivity contribution in [3.63, 3.8) is 0 Å². The van der Waals surface area contributed by atoms with E-state index in [4.69, 9.17) is 16.3 Å². The molecular formula is C20H20ClN3O2. The molecule has 6 heteroatoms. The Kier molecular flexibility index (Phi) is 5.34. The highest BCUT2D eigenvalue weighted by atomic mass is 35.5. The molecule has 0 aromatic heterocycles. The molecule has 0 radical (unpaired) electrons. The number of nitrogens with one attached hydrogen (secondary N) is 2. The zero-order chi connectivity index (χ0) is 18.6. The van der Waals surface area contributed by atoms with Crippen LogP contribution in [0, 0.1) is 17.2 Å². The fourth-order valence-corrected chi connectivity index (χ4v) is 2.91. The smallest absolute Gasteiger partial charge is 0.240 e. The van der Waals surface area contributed by atoms with E-state index in [0.29, 0.717) is 22.2 Å². The Balaban J connectivity index is 1.66. The first kappa shape index (κ1) is 18.1. The second kappa shape index (κ2) is 7.67. The summed E-state index contributed by atoms with van der Waals surface area (Å²) in [4.78, 5) is 12.3. The molecule has 2 aromatic rings. The van der Waals surface area contributed by atoms with E-state index in [1.807, 2.05) is 30.3 Å². The van der Waals surface area contributed by atoms with Crippen molar-refractivity contribution >= 4 is 23.2 Å². The molecular weight excluding hydrogens is 350 g/mol. The molecule has 2 N–H and O–H groups in total. The number of benzene rings is 2. The van der Waals surface area contributed by atoms with E-state index in [2.05, 4.69) is 16.7 Å². The predicted molar refractivity (Wildman–Crippen MR) is 101 cm³/mol. The lowest BCUT2D eigenvalue weighted by Crippen LogP contribution is -2.48. The number of nitrogens with zero attached hydrogens (tertiary/aromatic N) is 1. The summed E-state index contributed by atoms with van der Waals surface area (Å²) in [6.07, 6.45) is 1.95. The number of hydrogen-bond donors (Lipinski definition) is 2. The maximum Gasteiger partial charge on any atom is 0.240 e. The van der Waals surface area contributed by atoms with E-state index in [9.17, 15) is 10.1 Å². The summed E-state index contributed by atoms with van der Waals surface area (Å²) >= 11 is 6.07. The summed E-state index contributed by atoms with van der Waals surface area (Å²) in [5.74, 6) is 1.25. The Labute approximate surface area is 157 Å².